The van der Waals surface area contributed by atoms with Gasteiger partial charge in [-0.25, -0.2) is 0 Å². The van der Waals surface area contributed by atoms with Crippen LogP contribution in [0.15, 0.2) is 24.4 Å². The molecule has 21 heavy (non-hydrogen) atoms. The molecule has 0 spiro atoms. The highest BCUT2D eigenvalue weighted by atomic mass is 16.5. The predicted octanol–water partition coefficient (Wildman–Crippen LogP) is 2.31. The van der Waals surface area contributed by atoms with E-state index >= 15 is 0 Å². The number of nitrogens with one attached hydrogen (secondary N) is 1. The third-order valence-corrected chi connectivity index (χ3v) is 4.23. The van der Waals surface area contributed by atoms with Gasteiger partial charge in [-0.15, -0.1) is 0 Å². The van der Waals surface area contributed by atoms with Crippen LogP contribution in [0.2, 0.25) is 0 Å². The number of ether oxygens (including phenoxy) is 1. The summed E-state index contributed by atoms with van der Waals surface area (Å²) in [7, 11) is 0. The maximum atomic E-state index is 5.70. The number of pyridine rings is 1. The minimum atomic E-state index is 0.264. The molecule has 0 bridgehead atoms. The molecule has 0 radical (unpaired) electrons. The summed E-state index contributed by atoms with van der Waals surface area (Å²) in [6, 6.07) is 6.14. The van der Waals surface area contributed by atoms with E-state index in [9.17, 15) is 0 Å². The zero-order valence-electron chi connectivity index (χ0n) is 13.5. The van der Waals surface area contributed by atoms with Gasteiger partial charge in [0.1, 0.15) is 0 Å². The summed E-state index contributed by atoms with van der Waals surface area (Å²) >= 11 is 0. The molecule has 1 N–H and O–H groups in total. The first-order valence-corrected chi connectivity index (χ1v) is 8.19. The molecule has 4 nitrogen and oxygen atoms in total. The number of rotatable bonds is 9. The van der Waals surface area contributed by atoms with E-state index in [1.54, 1.807) is 0 Å². The quantitative estimate of drug-likeness (QED) is 0.709. The molecule has 1 aromatic heterocycles. The van der Waals surface area contributed by atoms with Crippen molar-refractivity contribution in [3.8, 4) is 0 Å². The van der Waals surface area contributed by atoms with E-state index in [-0.39, 0.29) is 5.41 Å². The molecule has 0 aliphatic carbocycles. The third kappa shape index (κ3) is 5.06. The Morgan fingerprint density at radius 3 is 2.90 bits per heavy atom. The minimum Gasteiger partial charge on any atom is -0.381 e. The Morgan fingerprint density at radius 1 is 1.38 bits per heavy atom. The smallest absolute Gasteiger partial charge is 0.0547 e. The second kappa shape index (κ2) is 8.47. The Hall–Kier alpha value is -0.970. The fourth-order valence-electron chi connectivity index (χ4n) is 2.97. The zero-order chi connectivity index (χ0) is 15.0. The zero-order valence-corrected chi connectivity index (χ0v) is 13.5. The van der Waals surface area contributed by atoms with E-state index in [4.69, 9.17) is 4.74 Å². The van der Waals surface area contributed by atoms with Crippen LogP contribution in [0.4, 0.5) is 0 Å². The van der Waals surface area contributed by atoms with E-state index in [1.165, 1.54) is 6.42 Å². The first kappa shape index (κ1) is 16.4. The van der Waals surface area contributed by atoms with Gasteiger partial charge in [-0.05, 0) is 38.1 Å². The first-order chi connectivity index (χ1) is 10.3. The van der Waals surface area contributed by atoms with Crippen LogP contribution in [0.25, 0.3) is 0 Å². The van der Waals surface area contributed by atoms with E-state index < -0.39 is 0 Å². The molecular formula is C17H29N3O. The van der Waals surface area contributed by atoms with Crippen molar-refractivity contribution in [2.45, 2.75) is 33.2 Å². The van der Waals surface area contributed by atoms with Crippen molar-refractivity contribution in [3.05, 3.63) is 30.1 Å². The maximum absolute atomic E-state index is 5.70. The van der Waals surface area contributed by atoms with E-state index in [1.807, 2.05) is 12.3 Å². The lowest BCUT2D eigenvalue weighted by Crippen LogP contribution is -2.44. The van der Waals surface area contributed by atoms with Crippen LogP contribution in [-0.2, 0) is 11.3 Å². The van der Waals surface area contributed by atoms with Crippen LogP contribution in [0.5, 0.6) is 0 Å². The molecular weight excluding hydrogens is 262 g/mol. The van der Waals surface area contributed by atoms with Gasteiger partial charge in [-0.3, -0.25) is 9.88 Å². The van der Waals surface area contributed by atoms with Gasteiger partial charge >= 0.3 is 0 Å². The summed E-state index contributed by atoms with van der Waals surface area (Å²) in [4.78, 5) is 6.94. The van der Waals surface area contributed by atoms with Gasteiger partial charge in [-0.1, -0.05) is 19.9 Å². The molecule has 0 amide bonds. The molecule has 1 fully saturated rings. The van der Waals surface area contributed by atoms with Crippen molar-refractivity contribution < 1.29 is 4.74 Å². The highest BCUT2D eigenvalue weighted by molar-refractivity contribution is 5.03. The summed E-state index contributed by atoms with van der Waals surface area (Å²) in [6.45, 7) is 11.4. The molecule has 1 atom stereocenters. The van der Waals surface area contributed by atoms with Crippen molar-refractivity contribution in [2.75, 3.05) is 39.4 Å². The van der Waals surface area contributed by atoms with Crippen LogP contribution >= 0.6 is 0 Å². The van der Waals surface area contributed by atoms with Gasteiger partial charge in [0.05, 0.1) is 12.3 Å². The molecule has 4 heteroatoms. The molecule has 118 valence electrons. The number of nitrogens with zero attached hydrogens (tertiary/aromatic N) is 2. The topological polar surface area (TPSA) is 37.4 Å². The second-order valence-corrected chi connectivity index (χ2v) is 6.10. The van der Waals surface area contributed by atoms with Crippen LogP contribution in [-0.4, -0.2) is 49.3 Å². The SMILES string of the molecule is CCCNCC1(CN(CC)Cc2ccccn2)CCOC1. The molecule has 1 aliphatic heterocycles. The monoisotopic (exact) mass is 291 g/mol. The van der Waals surface area contributed by atoms with Gasteiger partial charge < -0.3 is 10.1 Å². The lowest BCUT2D eigenvalue weighted by atomic mass is 9.86. The van der Waals surface area contributed by atoms with E-state index in [0.717, 1.165) is 58.1 Å². The Labute approximate surface area is 128 Å². The van der Waals surface area contributed by atoms with Gasteiger partial charge in [0.2, 0.25) is 0 Å². The van der Waals surface area contributed by atoms with Crippen molar-refractivity contribution in [1.29, 1.82) is 0 Å². The van der Waals surface area contributed by atoms with Crippen molar-refractivity contribution >= 4 is 0 Å². The molecule has 1 saturated heterocycles. The molecule has 2 heterocycles. The molecule has 1 unspecified atom stereocenters. The lowest BCUT2D eigenvalue weighted by molar-refractivity contribution is 0.107. The summed E-state index contributed by atoms with van der Waals surface area (Å²) in [5, 5.41) is 3.59. The number of hydrogen-bond acceptors (Lipinski definition) is 4. The summed E-state index contributed by atoms with van der Waals surface area (Å²) in [5.74, 6) is 0. The Balaban J connectivity index is 1.93. The predicted molar refractivity (Wildman–Crippen MR) is 86.2 cm³/mol. The van der Waals surface area contributed by atoms with Gasteiger partial charge in [0, 0.05) is 37.9 Å². The second-order valence-electron chi connectivity index (χ2n) is 6.10. The highest BCUT2D eigenvalue weighted by Gasteiger charge is 2.36. The summed E-state index contributed by atoms with van der Waals surface area (Å²) < 4.78 is 5.70. The molecule has 1 aliphatic rings. The molecule has 2 rings (SSSR count). The van der Waals surface area contributed by atoms with Gasteiger partial charge in [0.25, 0.3) is 0 Å². The minimum absolute atomic E-state index is 0.264. The van der Waals surface area contributed by atoms with Crippen LogP contribution < -0.4 is 5.32 Å². The number of hydrogen-bond donors (Lipinski definition) is 1. The van der Waals surface area contributed by atoms with Crippen LogP contribution in [0.1, 0.15) is 32.4 Å². The number of aromatic nitrogens is 1. The Bertz CT molecular complexity index is 390. The fraction of sp³-hybridized carbons (Fsp3) is 0.706. The average Bonchev–Trinajstić information content (AvgIpc) is 2.97. The molecule has 1 aromatic rings. The average molecular weight is 291 g/mol. The van der Waals surface area contributed by atoms with E-state index in [2.05, 4.69) is 41.2 Å². The maximum Gasteiger partial charge on any atom is 0.0547 e. The van der Waals surface area contributed by atoms with Gasteiger partial charge in [-0.2, -0.15) is 0 Å². The van der Waals surface area contributed by atoms with Crippen molar-refractivity contribution in [1.82, 2.24) is 15.2 Å². The van der Waals surface area contributed by atoms with Crippen molar-refractivity contribution in [2.24, 2.45) is 5.41 Å². The van der Waals surface area contributed by atoms with Crippen LogP contribution in [0.3, 0.4) is 0 Å². The standard InChI is InChI=1S/C17H29N3O/c1-3-9-18-13-17(8-11-21-15-17)14-20(4-2)12-16-7-5-6-10-19-16/h5-7,10,18H,3-4,8-9,11-15H2,1-2H3. The lowest BCUT2D eigenvalue weighted by Gasteiger charge is -2.34. The normalized spacial score (nSPS) is 22.0. The first-order valence-electron chi connectivity index (χ1n) is 8.19. The van der Waals surface area contributed by atoms with Crippen molar-refractivity contribution in [3.63, 3.8) is 0 Å². The highest BCUT2D eigenvalue weighted by Crippen LogP contribution is 2.29. The summed E-state index contributed by atoms with van der Waals surface area (Å²) in [6.07, 6.45) is 4.21. The van der Waals surface area contributed by atoms with Gasteiger partial charge in [0.15, 0.2) is 0 Å². The molecule has 0 saturated carbocycles. The summed E-state index contributed by atoms with van der Waals surface area (Å²) in [5.41, 5.74) is 1.41. The van der Waals surface area contributed by atoms with Crippen LogP contribution in [0, 0.1) is 5.41 Å². The fourth-order valence-corrected chi connectivity index (χ4v) is 2.97. The Kier molecular flexibility index (Phi) is 6.61. The Morgan fingerprint density at radius 2 is 2.29 bits per heavy atom. The largest absolute Gasteiger partial charge is 0.381 e. The third-order valence-electron chi connectivity index (χ3n) is 4.23. The molecule has 0 aromatic carbocycles. The van der Waals surface area contributed by atoms with E-state index in [0.29, 0.717) is 0 Å².